The molecular formula is C26H34ClFO5. The van der Waals surface area contributed by atoms with Crippen LogP contribution in [0.3, 0.4) is 0 Å². The molecule has 0 aromatic carbocycles. The van der Waals surface area contributed by atoms with Crippen molar-refractivity contribution in [1.82, 2.24) is 0 Å². The number of alkyl halides is 2. The highest BCUT2D eigenvalue weighted by atomic mass is 35.5. The predicted molar refractivity (Wildman–Crippen MR) is 122 cm³/mol. The Morgan fingerprint density at radius 3 is 2.64 bits per heavy atom. The molecule has 8 unspecified atom stereocenters. The van der Waals surface area contributed by atoms with Crippen molar-refractivity contribution in [2.75, 3.05) is 5.88 Å². The predicted octanol–water partition coefficient (Wildman–Crippen LogP) is 4.49. The van der Waals surface area contributed by atoms with Crippen molar-refractivity contribution < 1.29 is 28.6 Å². The van der Waals surface area contributed by atoms with Crippen molar-refractivity contribution in [2.45, 2.75) is 83.6 Å². The Morgan fingerprint density at radius 2 is 2.00 bits per heavy atom. The fourth-order valence-corrected chi connectivity index (χ4v) is 8.13. The Morgan fingerprint density at radius 1 is 1.30 bits per heavy atom. The summed E-state index contributed by atoms with van der Waals surface area (Å²) < 4.78 is 23.2. The summed E-state index contributed by atoms with van der Waals surface area (Å²) in [6.07, 6.45) is 5.33. The lowest BCUT2D eigenvalue weighted by Gasteiger charge is -2.62. The van der Waals surface area contributed by atoms with Gasteiger partial charge in [-0.2, -0.15) is 0 Å². The number of aliphatic hydroxyl groups excluding tert-OH is 1. The van der Waals surface area contributed by atoms with E-state index in [0.717, 1.165) is 0 Å². The Bertz CT molecular complexity index is 945. The number of allylic oxidation sites excluding steroid dienone is 4. The summed E-state index contributed by atoms with van der Waals surface area (Å²) in [6, 6.07) is 0. The van der Waals surface area contributed by atoms with Gasteiger partial charge in [0, 0.05) is 29.1 Å². The normalized spacial score (nSPS) is 46.2. The highest BCUT2D eigenvalue weighted by Gasteiger charge is 2.77. The van der Waals surface area contributed by atoms with Crippen LogP contribution in [0.1, 0.15) is 66.2 Å². The second-order valence-corrected chi connectivity index (χ2v) is 11.2. The summed E-state index contributed by atoms with van der Waals surface area (Å²) in [4.78, 5) is 38.0. The van der Waals surface area contributed by atoms with E-state index in [0.29, 0.717) is 31.3 Å². The van der Waals surface area contributed by atoms with Crippen LogP contribution in [-0.2, 0) is 19.1 Å². The lowest BCUT2D eigenvalue weighted by molar-refractivity contribution is -0.227. The average Bonchev–Trinajstić information content (AvgIpc) is 2.97. The monoisotopic (exact) mass is 480 g/mol. The number of aliphatic hydroxyl groups is 1. The van der Waals surface area contributed by atoms with E-state index in [1.807, 2.05) is 20.8 Å². The molecule has 4 aliphatic rings. The van der Waals surface area contributed by atoms with Gasteiger partial charge in [-0.3, -0.25) is 14.4 Å². The number of carbonyl (C=O) groups is 3. The summed E-state index contributed by atoms with van der Waals surface area (Å²) in [5.74, 6) is -2.52. The zero-order chi connectivity index (χ0) is 24.4. The Hall–Kier alpha value is -1.53. The van der Waals surface area contributed by atoms with Gasteiger partial charge in [-0.25, -0.2) is 4.39 Å². The number of hydrogen-bond donors (Lipinski definition) is 1. The molecule has 0 heterocycles. The summed E-state index contributed by atoms with van der Waals surface area (Å²) in [6.45, 7) is 7.35. The molecule has 0 spiro atoms. The first-order valence-corrected chi connectivity index (χ1v) is 12.6. The number of esters is 1. The standard InChI is InChI=1S/C26H34ClFO5/c1-5-6-22(32)33-26(21(31)14-27)15(2)11-19-18-8-7-16-12-17(29)9-10-23(16,3)25(18,28)20(30)13-24(19,26)4/h9-10,12,15,18-20,30H,5-8,11,13-14H2,1-4H3. The molecule has 33 heavy (non-hydrogen) atoms. The van der Waals surface area contributed by atoms with Crippen LogP contribution in [0.15, 0.2) is 23.8 Å². The van der Waals surface area contributed by atoms with Crippen molar-refractivity contribution in [3.05, 3.63) is 23.8 Å². The third kappa shape index (κ3) is 3.02. The van der Waals surface area contributed by atoms with Crippen molar-refractivity contribution in [1.29, 1.82) is 0 Å². The Labute approximate surface area is 199 Å². The van der Waals surface area contributed by atoms with Crippen LogP contribution in [0.4, 0.5) is 4.39 Å². The molecule has 0 amide bonds. The lowest BCUT2D eigenvalue weighted by atomic mass is 9.44. The molecule has 3 saturated carbocycles. The molecule has 8 atom stereocenters. The van der Waals surface area contributed by atoms with Crippen LogP contribution in [0.25, 0.3) is 0 Å². The molecular weight excluding hydrogens is 447 g/mol. The van der Waals surface area contributed by atoms with Crippen LogP contribution in [0.5, 0.6) is 0 Å². The summed E-state index contributed by atoms with van der Waals surface area (Å²) in [5.41, 5.74) is -4.84. The zero-order valence-electron chi connectivity index (χ0n) is 19.8. The summed E-state index contributed by atoms with van der Waals surface area (Å²) in [7, 11) is 0. The van der Waals surface area contributed by atoms with Gasteiger partial charge in [0.25, 0.3) is 0 Å². The van der Waals surface area contributed by atoms with Gasteiger partial charge in [0.15, 0.2) is 22.8 Å². The maximum Gasteiger partial charge on any atom is 0.306 e. The van der Waals surface area contributed by atoms with E-state index in [9.17, 15) is 19.5 Å². The number of carbonyl (C=O) groups excluding carboxylic acids is 3. The molecule has 1 N–H and O–H groups in total. The molecule has 0 saturated heterocycles. The van der Waals surface area contributed by atoms with E-state index in [2.05, 4.69) is 0 Å². The van der Waals surface area contributed by atoms with Gasteiger partial charge in [0.1, 0.15) is 0 Å². The number of Topliss-reactive ketones (excluding diaryl/α,β-unsaturated/α-hetero) is 1. The van der Waals surface area contributed by atoms with Crippen LogP contribution >= 0.6 is 11.6 Å². The van der Waals surface area contributed by atoms with Gasteiger partial charge in [-0.05, 0) is 57.1 Å². The maximum absolute atomic E-state index is 17.2. The average molecular weight is 481 g/mol. The molecule has 0 aliphatic heterocycles. The fourth-order valence-electron chi connectivity index (χ4n) is 7.93. The van der Waals surface area contributed by atoms with Crippen LogP contribution in [-0.4, -0.2) is 45.9 Å². The van der Waals surface area contributed by atoms with Crippen molar-refractivity contribution in [2.24, 2.45) is 28.6 Å². The minimum absolute atomic E-state index is 0.0261. The molecule has 182 valence electrons. The minimum atomic E-state index is -1.99. The van der Waals surface area contributed by atoms with Gasteiger partial charge in [0.2, 0.25) is 0 Å². The quantitative estimate of drug-likeness (QED) is 0.463. The molecule has 0 bridgehead atoms. The highest BCUT2D eigenvalue weighted by molar-refractivity contribution is 6.29. The topological polar surface area (TPSA) is 80.7 Å². The van der Waals surface area contributed by atoms with Crippen molar-refractivity contribution >= 4 is 29.1 Å². The summed E-state index contributed by atoms with van der Waals surface area (Å²) in [5, 5.41) is 11.5. The SMILES string of the molecule is CCCC(=O)OC1(C(=O)CCl)C(C)CC2C3CCC4=CC(=O)C=CC4(C)C3(F)C(O)CC21C. The number of rotatable bonds is 5. The molecule has 5 nitrogen and oxygen atoms in total. The van der Waals surface area contributed by atoms with Gasteiger partial charge >= 0.3 is 5.97 Å². The fraction of sp³-hybridized carbons (Fsp3) is 0.731. The number of ether oxygens (including phenoxy) is 1. The third-order valence-corrected chi connectivity index (χ3v) is 9.69. The molecule has 0 aromatic rings. The number of halogens is 2. The second-order valence-electron chi connectivity index (χ2n) is 10.9. The van der Waals surface area contributed by atoms with Gasteiger partial charge in [-0.1, -0.05) is 32.4 Å². The van der Waals surface area contributed by atoms with Gasteiger partial charge in [-0.15, -0.1) is 11.6 Å². The van der Waals surface area contributed by atoms with Crippen molar-refractivity contribution in [3.8, 4) is 0 Å². The third-order valence-electron chi connectivity index (χ3n) is 9.45. The highest BCUT2D eigenvalue weighted by Crippen LogP contribution is 2.71. The molecule has 7 heteroatoms. The molecule has 3 fully saturated rings. The number of hydrogen-bond acceptors (Lipinski definition) is 5. The Kier molecular flexibility index (Phi) is 5.97. The molecule has 4 rings (SSSR count). The lowest BCUT2D eigenvalue weighted by Crippen LogP contribution is -2.70. The van der Waals surface area contributed by atoms with Crippen molar-refractivity contribution in [3.63, 3.8) is 0 Å². The number of fused-ring (bicyclic) bond motifs is 5. The van der Waals surface area contributed by atoms with Gasteiger partial charge < -0.3 is 9.84 Å². The van der Waals surface area contributed by atoms with E-state index in [1.165, 1.54) is 12.2 Å². The molecule has 0 radical (unpaired) electrons. The summed E-state index contributed by atoms with van der Waals surface area (Å²) >= 11 is 6.04. The van der Waals surface area contributed by atoms with Crippen LogP contribution in [0, 0.1) is 28.6 Å². The smallest absolute Gasteiger partial charge is 0.306 e. The first-order chi connectivity index (χ1) is 15.4. The number of ketones is 2. The zero-order valence-corrected chi connectivity index (χ0v) is 20.6. The van der Waals surface area contributed by atoms with E-state index >= 15 is 4.39 Å². The largest absolute Gasteiger partial charge is 0.450 e. The van der Waals surface area contributed by atoms with E-state index in [-0.39, 0.29) is 42.1 Å². The minimum Gasteiger partial charge on any atom is -0.450 e. The van der Waals surface area contributed by atoms with Gasteiger partial charge in [0.05, 0.1) is 12.0 Å². The second kappa shape index (κ2) is 8.01. The van der Waals surface area contributed by atoms with E-state index in [4.69, 9.17) is 16.3 Å². The van der Waals surface area contributed by atoms with Crippen LogP contribution in [0.2, 0.25) is 0 Å². The molecule has 0 aromatic heterocycles. The first kappa shape index (κ1) is 24.6. The van der Waals surface area contributed by atoms with E-state index in [1.54, 1.807) is 13.0 Å². The molecule has 4 aliphatic carbocycles. The maximum atomic E-state index is 17.2. The first-order valence-electron chi connectivity index (χ1n) is 12.0. The Balaban J connectivity index is 1.83. The van der Waals surface area contributed by atoms with E-state index < -0.39 is 40.1 Å². The van der Waals surface area contributed by atoms with Crippen LogP contribution < -0.4 is 0 Å².